The maximum absolute atomic E-state index is 11.7. The average Bonchev–Trinajstić information content (AvgIpc) is 2.99. The molecule has 1 amide bonds. The molecule has 1 aromatic rings. The van der Waals surface area contributed by atoms with Crippen molar-refractivity contribution in [2.24, 2.45) is 0 Å². The van der Waals surface area contributed by atoms with E-state index in [1.165, 1.54) is 0 Å². The van der Waals surface area contributed by atoms with Gasteiger partial charge in [-0.2, -0.15) is 5.10 Å². The lowest BCUT2D eigenvalue weighted by molar-refractivity contribution is -0.116. The van der Waals surface area contributed by atoms with Gasteiger partial charge in [0, 0.05) is 25.8 Å². The van der Waals surface area contributed by atoms with E-state index >= 15 is 0 Å². The van der Waals surface area contributed by atoms with Crippen LogP contribution in [0.1, 0.15) is 39.0 Å². The second-order valence-corrected chi connectivity index (χ2v) is 4.71. The van der Waals surface area contributed by atoms with Crippen LogP contribution in [0.4, 0.5) is 5.69 Å². The average molecular weight is 251 g/mol. The molecule has 0 spiro atoms. The quantitative estimate of drug-likeness (QED) is 0.843. The number of aryl methyl sites for hydroxylation is 1. The summed E-state index contributed by atoms with van der Waals surface area (Å²) in [6, 6.07) is 0. The lowest BCUT2D eigenvalue weighted by Gasteiger charge is -2.08. The van der Waals surface area contributed by atoms with Crippen molar-refractivity contribution >= 4 is 11.6 Å². The summed E-state index contributed by atoms with van der Waals surface area (Å²) in [6.45, 7) is 3.82. The van der Waals surface area contributed by atoms with Gasteiger partial charge >= 0.3 is 0 Å². The van der Waals surface area contributed by atoms with Crippen LogP contribution in [0.5, 0.6) is 0 Å². The Kier molecular flexibility index (Phi) is 4.75. The van der Waals surface area contributed by atoms with Gasteiger partial charge in [0.15, 0.2) is 0 Å². The predicted octanol–water partition coefficient (Wildman–Crippen LogP) is 2.19. The Morgan fingerprint density at radius 3 is 3.28 bits per heavy atom. The third-order valence-corrected chi connectivity index (χ3v) is 3.09. The van der Waals surface area contributed by atoms with Gasteiger partial charge in [0.1, 0.15) is 0 Å². The molecule has 0 radical (unpaired) electrons. The molecule has 2 rings (SSSR count). The van der Waals surface area contributed by atoms with Crippen molar-refractivity contribution in [3.05, 3.63) is 12.4 Å². The number of anilines is 1. The van der Waals surface area contributed by atoms with Crippen LogP contribution in [0.15, 0.2) is 12.4 Å². The summed E-state index contributed by atoms with van der Waals surface area (Å²) >= 11 is 0. The minimum atomic E-state index is 0.0431. The Bertz CT molecular complexity index is 383. The van der Waals surface area contributed by atoms with E-state index in [0.717, 1.165) is 44.5 Å². The van der Waals surface area contributed by atoms with E-state index in [1.807, 2.05) is 10.9 Å². The lowest BCUT2D eigenvalue weighted by Crippen LogP contribution is -2.14. The first-order valence-electron chi connectivity index (χ1n) is 6.72. The highest BCUT2D eigenvalue weighted by atomic mass is 16.5. The van der Waals surface area contributed by atoms with E-state index in [9.17, 15) is 4.79 Å². The fourth-order valence-electron chi connectivity index (χ4n) is 2.17. The van der Waals surface area contributed by atoms with Gasteiger partial charge in [-0.25, -0.2) is 0 Å². The second kappa shape index (κ2) is 6.54. The standard InChI is InChI=1S/C13H21N3O2/c1-2-7-16-10-11(9-14-16)15-13(17)6-5-12-4-3-8-18-12/h9-10,12H,2-8H2,1H3,(H,15,17)/t12-/m0/s1. The van der Waals surface area contributed by atoms with Gasteiger partial charge in [0.05, 0.1) is 18.0 Å². The van der Waals surface area contributed by atoms with Crippen LogP contribution in [0.25, 0.3) is 0 Å². The van der Waals surface area contributed by atoms with E-state index in [1.54, 1.807) is 6.20 Å². The Morgan fingerprint density at radius 2 is 2.56 bits per heavy atom. The molecule has 0 bridgehead atoms. The number of aromatic nitrogens is 2. The molecule has 1 aromatic heterocycles. The summed E-state index contributed by atoms with van der Waals surface area (Å²) in [5.41, 5.74) is 0.779. The van der Waals surface area contributed by atoms with E-state index in [4.69, 9.17) is 4.74 Å². The van der Waals surface area contributed by atoms with Gasteiger partial charge in [0.25, 0.3) is 0 Å². The molecule has 1 aliphatic rings. The number of nitrogens with one attached hydrogen (secondary N) is 1. The number of hydrogen-bond donors (Lipinski definition) is 1. The third kappa shape index (κ3) is 3.84. The van der Waals surface area contributed by atoms with E-state index in [2.05, 4.69) is 17.3 Å². The number of carbonyl (C=O) groups is 1. The van der Waals surface area contributed by atoms with Gasteiger partial charge in [0.2, 0.25) is 5.91 Å². The molecule has 1 atom stereocenters. The van der Waals surface area contributed by atoms with Crippen LogP contribution < -0.4 is 5.32 Å². The molecular weight excluding hydrogens is 230 g/mol. The normalized spacial score (nSPS) is 19.1. The maximum Gasteiger partial charge on any atom is 0.224 e. The maximum atomic E-state index is 11.7. The fourth-order valence-corrected chi connectivity index (χ4v) is 2.17. The van der Waals surface area contributed by atoms with Crippen molar-refractivity contribution in [3.63, 3.8) is 0 Å². The molecule has 0 unspecified atom stereocenters. The monoisotopic (exact) mass is 251 g/mol. The van der Waals surface area contributed by atoms with Crippen LogP contribution in [0.3, 0.4) is 0 Å². The zero-order chi connectivity index (χ0) is 12.8. The van der Waals surface area contributed by atoms with Crippen molar-refractivity contribution in [2.75, 3.05) is 11.9 Å². The van der Waals surface area contributed by atoms with Crippen LogP contribution in [0.2, 0.25) is 0 Å². The van der Waals surface area contributed by atoms with Gasteiger partial charge in [-0.05, 0) is 25.7 Å². The molecule has 1 N–H and O–H groups in total. The third-order valence-electron chi connectivity index (χ3n) is 3.09. The number of amides is 1. The van der Waals surface area contributed by atoms with Gasteiger partial charge in [-0.15, -0.1) is 0 Å². The van der Waals surface area contributed by atoms with Crippen molar-refractivity contribution in [1.29, 1.82) is 0 Å². The molecule has 2 heterocycles. The summed E-state index contributed by atoms with van der Waals surface area (Å²) in [4.78, 5) is 11.7. The molecule has 18 heavy (non-hydrogen) atoms. The van der Waals surface area contributed by atoms with Crippen LogP contribution in [0, 0.1) is 0 Å². The summed E-state index contributed by atoms with van der Waals surface area (Å²) in [7, 11) is 0. The molecule has 5 nitrogen and oxygen atoms in total. The predicted molar refractivity (Wildman–Crippen MR) is 69.4 cm³/mol. The van der Waals surface area contributed by atoms with Crippen LogP contribution in [-0.4, -0.2) is 28.4 Å². The molecule has 5 heteroatoms. The highest BCUT2D eigenvalue weighted by Crippen LogP contribution is 2.17. The summed E-state index contributed by atoms with van der Waals surface area (Å²) in [6.07, 6.45) is 8.41. The first-order chi connectivity index (χ1) is 8.78. The van der Waals surface area contributed by atoms with Gasteiger partial charge in [-0.3, -0.25) is 9.48 Å². The van der Waals surface area contributed by atoms with Crippen LogP contribution >= 0.6 is 0 Å². The fraction of sp³-hybridized carbons (Fsp3) is 0.692. The zero-order valence-electron chi connectivity index (χ0n) is 10.9. The van der Waals surface area contributed by atoms with E-state index in [0.29, 0.717) is 6.42 Å². The Hall–Kier alpha value is -1.36. The molecule has 0 aromatic carbocycles. The number of hydrogen-bond acceptors (Lipinski definition) is 3. The highest BCUT2D eigenvalue weighted by Gasteiger charge is 2.16. The van der Waals surface area contributed by atoms with E-state index in [-0.39, 0.29) is 12.0 Å². The molecule has 0 saturated carbocycles. The molecule has 1 saturated heterocycles. The van der Waals surface area contributed by atoms with Crippen molar-refractivity contribution < 1.29 is 9.53 Å². The minimum Gasteiger partial charge on any atom is -0.378 e. The SMILES string of the molecule is CCCn1cc(NC(=O)CC[C@@H]2CCCO2)cn1. The highest BCUT2D eigenvalue weighted by molar-refractivity contribution is 5.90. The van der Waals surface area contributed by atoms with Crippen LogP contribution in [-0.2, 0) is 16.1 Å². The molecule has 100 valence electrons. The number of carbonyl (C=O) groups excluding carboxylic acids is 1. The van der Waals surface area contributed by atoms with Gasteiger partial charge in [-0.1, -0.05) is 6.92 Å². The summed E-state index contributed by atoms with van der Waals surface area (Å²) in [5.74, 6) is 0.0431. The second-order valence-electron chi connectivity index (χ2n) is 4.71. The number of rotatable bonds is 6. The molecule has 0 aliphatic carbocycles. The number of ether oxygens (including phenoxy) is 1. The largest absolute Gasteiger partial charge is 0.378 e. The lowest BCUT2D eigenvalue weighted by atomic mass is 10.1. The zero-order valence-corrected chi connectivity index (χ0v) is 10.9. The molecule has 1 fully saturated rings. The smallest absolute Gasteiger partial charge is 0.224 e. The first kappa shape index (κ1) is 13.1. The van der Waals surface area contributed by atoms with Crippen molar-refractivity contribution in [3.8, 4) is 0 Å². The summed E-state index contributed by atoms with van der Waals surface area (Å²) in [5, 5.41) is 7.04. The minimum absolute atomic E-state index is 0.0431. The van der Waals surface area contributed by atoms with Crippen molar-refractivity contribution in [1.82, 2.24) is 9.78 Å². The van der Waals surface area contributed by atoms with Crippen molar-refractivity contribution in [2.45, 2.75) is 51.7 Å². The topological polar surface area (TPSA) is 56.2 Å². The molecule has 1 aliphatic heterocycles. The Balaban J connectivity index is 1.72. The van der Waals surface area contributed by atoms with E-state index < -0.39 is 0 Å². The van der Waals surface area contributed by atoms with Gasteiger partial charge < -0.3 is 10.1 Å². The number of nitrogens with zero attached hydrogens (tertiary/aromatic N) is 2. The Morgan fingerprint density at radius 1 is 1.67 bits per heavy atom. The molecular formula is C13H21N3O2. The Labute approximate surface area is 108 Å². The summed E-state index contributed by atoms with van der Waals surface area (Å²) < 4.78 is 7.34. The first-order valence-corrected chi connectivity index (χ1v) is 6.72.